The molecule has 0 aromatic heterocycles. The predicted octanol–water partition coefficient (Wildman–Crippen LogP) is 3.27. The third-order valence-electron chi connectivity index (χ3n) is 4.94. The number of anilines is 1. The molecule has 7 heteroatoms. The van der Waals surface area contributed by atoms with Crippen molar-refractivity contribution in [3.05, 3.63) is 60.2 Å². The molecule has 0 saturated carbocycles. The first-order valence-corrected chi connectivity index (χ1v) is 10.8. The number of hydrogen-bond acceptors (Lipinski definition) is 4. The molecule has 0 saturated heterocycles. The molecule has 0 bridgehead atoms. The van der Waals surface area contributed by atoms with Gasteiger partial charge >= 0.3 is 0 Å². The number of aliphatic imine (C=N–C) groups is 1. The van der Waals surface area contributed by atoms with Gasteiger partial charge in [-0.2, -0.15) is 0 Å². The molecule has 2 rings (SSSR count). The highest BCUT2D eigenvalue weighted by molar-refractivity contribution is 5.88. The smallest absolute Gasteiger partial charge is 0.221 e. The lowest BCUT2D eigenvalue weighted by Gasteiger charge is -2.30. The topological polar surface area (TPSA) is 78.0 Å². The number of nitrogens with one attached hydrogen (secondary N) is 3. The Kier molecular flexibility index (Phi) is 10.4. The van der Waals surface area contributed by atoms with Crippen LogP contribution in [-0.2, 0) is 4.79 Å². The van der Waals surface area contributed by atoms with Crippen LogP contribution in [0.4, 0.5) is 5.69 Å². The minimum Gasteiger partial charge on any atom is -0.492 e. The molecule has 168 valence electrons. The Balaban J connectivity index is 1.84. The second-order valence-electron chi connectivity index (χ2n) is 7.09. The zero-order valence-electron chi connectivity index (χ0n) is 19.0. The summed E-state index contributed by atoms with van der Waals surface area (Å²) in [4.78, 5) is 17.9. The average molecular weight is 426 g/mol. The van der Waals surface area contributed by atoms with Crippen molar-refractivity contribution in [1.82, 2.24) is 15.5 Å². The summed E-state index contributed by atoms with van der Waals surface area (Å²) in [5, 5.41) is 9.49. The Morgan fingerprint density at radius 2 is 1.81 bits per heavy atom. The Morgan fingerprint density at radius 3 is 2.45 bits per heavy atom. The van der Waals surface area contributed by atoms with Gasteiger partial charge in [-0.1, -0.05) is 50.2 Å². The molecule has 0 aliphatic carbocycles. The highest BCUT2D eigenvalue weighted by Crippen LogP contribution is 2.19. The van der Waals surface area contributed by atoms with Crippen LogP contribution in [0.3, 0.4) is 0 Å². The molecule has 0 aliphatic rings. The van der Waals surface area contributed by atoms with Crippen LogP contribution in [0.15, 0.2) is 59.6 Å². The van der Waals surface area contributed by atoms with Crippen LogP contribution in [0, 0.1) is 0 Å². The molecule has 0 spiro atoms. The zero-order valence-corrected chi connectivity index (χ0v) is 19.0. The van der Waals surface area contributed by atoms with Gasteiger partial charge in [-0.25, -0.2) is 0 Å². The van der Waals surface area contributed by atoms with Crippen molar-refractivity contribution in [2.75, 3.05) is 45.2 Å². The largest absolute Gasteiger partial charge is 0.492 e. The normalized spacial score (nSPS) is 12.4. The second kappa shape index (κ2) is 13.3. The van der Waals surface area contributed by atoms with E-state index in [1.165, 1.54) is 12.5 Å². The van der Waals surface area contributed by atoms with Gasteiger partial charge in [0.1, 0.15) is 12.4 Å². The van der Waals surface area contributed by atoms with Crippen molar-refractivity contribution in [3.8, 4) is 5.75 Å². The summed E-state index contributed by atoms with van der Waals surface area (Å²) in [6.45, 7) is 9.65. The first-order valence-electron chi connectivity index (χ1n) is 10.8. The summed E-state index contributed by atoms with van der Waals surface area (Å²) in [5.74, 6) is 1.34. The van der Waals surface area contributed by atoms with E-state index in [0.717, 1.165) is 31.3 Å². The standard InChI is InChI=1S/C24H35N5O2/c1-5-29(6-2)23(20-11-8-7-9-12-20)18-27-24(25-4)26-15-16-31-22-14-10-13-21(17-22)28-19(3)30/h7-14,17,23H,5-6,15-16,18H2,1-4H3,(H,28,30)(H2,25,26,27). The van der Waals surface area contributed by atoms with Crippen molar-refractivity contribution < 1.29 is 9.53 Å². The fraction of sp³-hybridized carbons (Fsp3) is 0.417. The van der Waals surface area contributed by atoms with E-state index in [0.29, 0.717) is 18.9 Å². The molecule has 2 aromatic rings. The number of carbonyl (C=O) groups is 1. The van der Waals surface area contributed by atoms with Gasteiger partial charge in [0.05, 0.1) is 12.6 Å². The summed E-state index contributed by atoms with van der Waals surface area (Å²) in [7, 11) is 1.77. The molecular formula is C24H35N5O2. The maximum atomic E-state index is 11.2. The molecule has 0 aliphatic heterocycles. The summed E-state index contributed by atoms with van der Waals surface area (Å²) < 4.78 is 5.79. The number of ether oxygens (including phenoxy) is 1. The third-order valence-corrected chi connectivity index (χ3v) is 4.94. The Bertz CT molecular complexity index is 822. The van der Waals surface area contributed by atoms with Crippen LogP contribution in [0.1, 0.15) is 32.4 Å². The van der Waals surface area contributed by atoms with Crippen LogP contribution >= 0.6 is 0 Å². The molecule has 0 radical (unpaired) electrons. The number of hydrogen-bond donors (Lipinski definition) is 3. The lowest BCUT2D eigenvalue weighted by molar-refractivity contribution is -0.114. The van der Waals surface area contributed by atoms with Gasteiger partial charge in [0.2, 0.25) is 5.91 Å². The molecule has 7 nitrogen and oxygen atoms in total. The highest BCUT2D eigenvalue weighted by Gasteiger charge is 2.18. The third kappa shape index (κ3) is 8.30. The number of benzene rings is 2. The Hall–Kier alpha value is -3.06. The molecule has 3 N–H and O–H groups in total. The molecule has 1 atom stereocenters. The molecule has 1 unspecified atom stereocenters. The first-order chi connectivity index (χ1) is 15.1. The summed E-state index contributed by atoms with van der Waals surface area (Å²) in [6.07, 6.45) is 0. The van der Waals surface area contributed by atoms with E-state index in [1.54, 1.807) is 7.05 Å². The van der Waals surface area contributed by atoms with Gasteiger partial charge < -0.3 is 20.7 Å². The first kappa shape index (κ1) is 24.2. The number of likely N-dealkylation sites (N-methyl/N-ethyl adjacent to an activating group) is 1. The summed E-state index contributed by atoms with van der Waals surface area (Å²) in [5.41, 5.74) is 2.01. The number of rotatable bonds is 11. The van der Waals surface area contributed by atoms with Crippen molar-refractivity contribution in [1.29, 1.82) is 0 Å². The SMILES string of the molecule is CCN(CC)C(CNC(=NC)NCCOc1cccc(NC(C)=O)c1)c1ccccc1. The van der Waals surface area contributed by atoms with Gasteiger partial charge in [0.15, 0.2) is 5.96 Å². The van der Waals surface area contributed by atoms with E-state index in [4.69, 9.17) is 4.74 Å². The van der Waals surface area contributed by atoms with Crippen LogP contribution < -0.4 is 20.7 Å². The zero-order chi connectivity index (χ0) is 22.5. The Morgan fingerprint density at radius 1 is 1.06 bits per heavy atom. The van der Waals surface area contributed by atoms with Gasteiger partial charge in [0, 0.05) is 32.3 Å². The molecule has 0 heterocycles. The maximum absolute atomic E-state index is 11.2. The number of guanidine groups is 1. The highest BCUT2D eigenvalue weighted by atomic mass is 16.5. The van der Waals surface area contributed by atoms with Gasteiger partial charge in [-0.05, 0) is 30.8 Å². The van der Waals surface area contributed by atoms with Crippen LogP contribution in [0.2, 0.25) is 0 Å². The predicted molar refractivity (Wildman–Crippen MR) is 128 cm³/mol. The van der Waals surface area contributed by atoms with E-state index in [1.807, 2.05) is 30.3 Å². The van der Waals surface area contributed by atoms with Gasteiger partial charge in [-0.15, -0.1) is 0 Å². The average Bonchev–Trinajstić information content (AvgIpc) is 2.78. The lowest BCUT2D eigenvalue weighted by atomic mass is 10.1. The van der Waals surface area contributed by atoms with E-state index < -0.39 is 0 Å². The van der Waals surface area contributed by atoms with Crippen molar-refractivity contribution in [2.24, 2.45) is 4.99 Å². The van der Waals surface area contributed by atoms with E-state index >= 15 is 0 Å². The molecular weight excluding hydrogens is 390 g/mol. The van der Waals surface area contributed by atoms with Gasteiger partial charge in [-0.3, -0.25) is 14.7 Å². The summed E-state index contributed by atoms with van der Waals surface area (Å²) >= 11 is 0. The Labute approximate surface area is 185 Å². The minimum atomic E-state index is -0.104. The lowest BCUT2D eigenvalue weighted by Crippen LogP contribution is -2.44. The van der Waals surface area contributed by atoms with Crippen LogP contribution in [0.5, 0.6) is 5.75 Å². The molecule has 31 heavy (non-hydrogen) atoms. The van der Waals surface area contributed by atoms with E-state index in [-0.39, 0.29) is 11.9 Å². The number of amides is 1. The fourth-order valence-corrected chi connectivity index (χ4v) is 3.42. The molecule has 1 amide bonds. The van der Waals surface area contributed by atoms with Crippen molar-refractivity contribution in [3.63, 3.8) is 0 Å². The molecule has 0 fully saturated rings. The fourth-order valence-electron chi connectivity index (χ4n) is 3.42. The number of nitrogens with zero attached hydrogens (tertiary/aromatic N) is 2. The van der Waals surface area contributed by atoms with E-state index in [9.17, 15) is 4.79 Å². The van der Waals surface area contributed by atoms with Crippen molar-refractivity contribution >= 4 is 17.6 Å². The molecule has 2 aromatic carbocycles. The summed E-state index contributed by atoms with van der Waals surface area (Å²) in [6, 6.07) is 18.2. The van der Waals surface area contributed by atoms with Gasteiger partial charge in [0.25, 0.3) is 0 Å². The van der Waals surface area contributed by atoms with Crippen LogP contribution in [-0.4, -0.2) is 56.6 Å². The van der Waals surface area contributed by atoms with Crippen LogP contribution in [0.25, 0.3) is 0 Å². The second-order valence-corrected chi connectivity index (χ2v) is 7.09. The minimum absolute atomic E-state index is 0.104. The quantitative estimate of drug-likeness (QED) is 0.293. The van der Waals surface area contributed by atoms with Crippen molar-refractivity contribution in [2.45, 2.75) is 26.8 Å². The monoisotopic (exact) mass is 425 g/mol. The maximum Gasteiger partial charge on any atom is 0.221 e. The number of carbonyl (C=O) groups excluding carboxylic acids is 1. The van der Waals surface area contributed by atoms with E-state index in [2.05, 4.69) is 64.0 Å².